The first kappa shape index (κ1) is 76.8. The zero-order valence-electron chi connectivity index (χ0n) is 54.1. The molecule has 6 fully saturated rings. The van der Waals surface area contributed by atoms with Crippen LogP contribution < -0.4 is 5.73 Å². The molecule has 30 nitrogen and oxygen atoms in total. The number of β-lactam (4-membered cyclic amide) rings is 2. The van der Waals surface area contributed by atoms with Crippen molar-refractivity contribution < 1.29 is 107 Å². The molecule has 4 aromatic rings. The number of imide groups is 1. The van der Waals surface area contributed by atoms with Crippen LogP contribution in [0.15, 0.2) is 99.0 Å². The number of aliphatic carboxylic acids is 2. The van der Waals surface area contributed by atoms with E-state index in [4.69, 9.17) is 50.3 Å². The number of thiazole rings is 2. The third-order valence-electron chi connectivity index (χ3n) is 15.2. The Kier molecular flexibility index (Phi) is 27.6. The Morgan fingerprint density at radius 2 is 1.16 bits per heavy atom. The predicted octanol–water partition coefficient (Wildman–Crippen LogP) is 4.00. The van der Waals surface area contributed by atoms with Crippen molar-refractivity contribution in [2.24, 2.45) is 33.8 Å². The molecule has 2 aromatic heterocycles. The summed E-state index contributed by atoms with van der Waals surface area (Å²) in [6.45, 7) is 10.5. The third-order valence-corrected chi connectivity index (χ3v) is 19.7. The van der Waals surface area contributed by atoms with Crippen LogP contribution in [0.25, 0.3) is 0 Å². The van der Waals surface area contributed by atoms with Crippen LogP contribution in [0.3, 0.4) is 0 Å². The van der Waals surface area contributed by atoms with E-state index >= 15 is 0 Å². The maximum Gasteiger partial charge on any atom is 0.373 e. The van der Waals surface area contributed by atoms with Crippen LogP contribution in [0.5, 0.6) is 0 Å². The quantitative estimate of drug-likeness (QED) is 0.00844. The lowest BCUT2D eigenvalue weighted by molar-refractivity contribution is -0.217. The summed E-state index contributed by atoms with van der Waals surface area (Å²) in [7, 11) is 0. The number of ether oxygens (including phenoxy) is 3. The Hall–Kier alpha value is -8.61. The van der Waals surface area contributed by atoms with Crippen molar-refractivity contribution in [1.29, 1.82) is 0 Å². The molecule has 7 N–H and O–H groups in total. The number of carbonyl (C=O) groups is 11. The molecule has 526 valence electrons. The van der Waals surface area contributed by atoms with Crippen molar-refractivity contribution in [1.82, 2.24) is 24.8 Å². The number of oxime groups is 2. The van der Waals surface area contributed by atoms with Crippen molar-refractivity contribution in [2.45, 2.75) is 108 Å². The summed E-state index contributed by atoms with van der Waals surface area (Å²) >= 11 is 5.69. The van der Waals surface area contributed by atoms with Crippen LogP contribution in [0, 0.1) is 31.6 Å². The van der Waals surface area contributed by atoms with Gasteiger partial charge in [-0.05, 0) is 71.7 Å². The standard InChI is InChI=1S/C24H27NO5S.C14H18N2O5S.C10H9NO4.2C8H10N2O4S/c1-15(2)7-6-10-20(27)24-17(12-21(28)30-24)14-31-23-19(22(29)25(23)24)13-18(26)11-16-8-4-3-5-9-16;1-7(2)3-4-20-13(19)14-8(5-9(17)21-14)6-22-12-10(15)11(18)16(12)14;12-5-6-15-11-9(13)7-3-1-2-4-8(7)10(11)14;2*1-5-9-6(4-15-5)7(8(12)13)10-14-3-2-11/h3-5,7-9,17,19,23H,6,10-14H2,1-2H3;3,8,10,12H,4-6,15H2,1-2H3;1-4,12H,5-6H2;2*4,11H,2-3H2,1H3,(H,12,13)/b;;;2*10-7-/t17-,19+,23+,24+;8-,10+,12+,14+;;;/m00.../s1. The minimum absolute atomic E-state index is 0.000671. The Bertz CT molecular complexity index is 3650. The van der Waals surface area contributed by atoms with Crippen LogP contribution in [0.4, 0.5) is 0 Å². The van der Waals surface area contributed by atoms with Gasteiger partial charge in [-0.2, -0.15) is 0 Å². The lowest BCUT2D eigenvalue weighted by Crippen LogP contribution is -2.79. The number of hydroxylamine groups is 2. The van der Waals surface area contributed by atoms with Crippen molar-refractivity contribution >= 4 is 123 Å². The average molecular weight is 1440 g/mol. The van der Waals surface area contributed by atoms with E-state index in [9.17, 15) is 52.7 Å². The molecule has 0 saturated carbocycles. The topological polar surface area (TPSA) is 431 Å². The van der Waals surface area contributed by atoms with Gasteiger partial charge in [-0.25, -0.2) is 24.4 Å². The number of aliphatic hydroxyl groups is 3. The number of carboxylic acid groups (broad SMARTS) is 2. The van der Waals surface area contributed by atoms with Crippen molar-refractivity contribution in [3.63, 3.8) is 0 Å². The zero-order valence-corrected chi connectivity index (χ0v) is 57.4. The number of ketones is 2. The number of Topliss-reactive ketones (excluding diaryl/α,β-unsaturated/α-hetero) is 2. The van der Waals surface area contributed by atoms with Gasteiger partial charge in [0.25, 0.3) is 23.3 Å². The molecule has 0 radical (unpaired) electrons. The number of carboxylic acids is 2. The smallest absolute Gasteiger partial charge is 0.373 e. The molecular formula is C64H74N8O22S4. The Labute approximate surface area is 578 Å². The molecule has 0 unspecified atom stereocenters. The van der Waals surface area contributed by atoms with Crippen LogP contribution in [-0.2, 0) is 78.3 Å². The van der Waals surface area contributed by atoms with Gasteiger partial charge in [-0.15, -0.1) is 51.3 Å². The number of hydrogen-bond acceptors (Lipinski definition) is 29. The number of esters is 3. The number of fused-ring (bicyclic) bond motifs is 7. The SMILES string of the molecule is CC(C)=CCCC(=O)[C@]12OC(=O)C[C@H]1CS[C@@H]1[C@H](CC(=O)Cc3ccccc3)C(=O)N12.CC(C)=CCOC(=O)[C@]12OC(=O)C[C@H]1CS[C@@H]1[C@H](N)C(=O)N12.Cc1nc(/C(=N/OCCO)C(=O)O)cs1.Cc1nc(/C(=N/OCCO)C(=O)O)cs1.O=C1c2ccccc2C(=O)N1OCCO. The molecule has 8 atom stereocenters. The van der Waals surface area contributed by atoms with E-state index < -0.39 is 71.0 Å². The van der Waals surface area contributed by atoms with Crippen LogP contribution in [0.2, 0.25) is 0 Å². The van der Waals surface area contributed by atoms with E-state index in [0.717, 1.165) is 26.7 Å². The number of aromatic nitrogens is 2. The van der Waals surface area contributed by atoms with Crippen molar-refractivity contribution in [3.8, 4) is 0 Å². The summed E-state index contributed by atoms with van der Waals surface area (Å²) < 4.78 is 16.2. The van der Waals surface area contributed by atoms with E-state index in [1.54, 1.807) is 66.7 Å². The van der Waals surface area contributed by atoms with E-state index in [2.05, 4.69) is 30.0 Å². The minimum atomic E-state index is -1.63. The number of nitrogens with two attached hydrogens (primary N) is 1. The largest absolute Gasteiger partial charge is 0.476 e. The lowest BCUT2D eigenvalue weighted by Gasteiger charge is -2.58. The van der Waals surface area contributed by atoms with E-state index in [1.807, 2.05) is 64.1 Å². The lowest BCUT2D eigenvalue weighted by atomic mass is 9.81. The summed E-state index contributed by atoms with van der Waals surface area (Å²) in [4.78, 5) is 157. The van der Waals surface area contributed by atoms with Crippen LogP contribution in [-0.4, -0.2) is 213 Å². The van der Waals surface area contributed by atoms with Crippen molar-refractivity contribution in [3.05, 3.63) is 127 Å². The summed E-state index contributed by atoms with van der Waals surface area (Å²) in [5.41, 5.74) is 6.38. The highest BCUT2D eigenvalue weighted by molar-refractivity contribution is 8.00. The molecule has 6 saturated heterocycles. The fraction of sp³-hybridized carbons (Fsp3) is 0.453. The fourth-order valence-electron chi connectivity index (χ4n) is 10.8. The Balaban J connectivity index is 0.000000179. The number of nitrogens with zero attached hydrogens (tertiary/aromatic N) is 7. The Morgan fingerprint density at radius 1 is 0.673 bits per heavy atom. The number of aliphatic hydroxyl groups excluding tert-OH is 3. The van der Waals surface area contributed by atoms with Gasteiger partial charge >= 0.3 is 29.8 Å². The average Bonchev–Trinajstić information content (AvgIpc) is 1.54. The van der Waals surface area contributed by atoms with E-state index in [0.29, 0.717) is 34.1 Å². The normalized spacial score (nSPS) is 22.9. The predicted molar refractivity (Wildman–Crippen MR) is 353 cm³/mol. The number of aryl methyl sites for hydroxylation is 2. The first-order valence-electron chi connectivity index (χ1n) is 30.5. The van der Waals surface area contributed by atoms with E-state index in [-0.39, 0.29) is 141 Å². The van der Waals surface area contributed by atoms with Crippen molar-refractivity contribution in [2.75, 3.05) is 57.8 Å². The summed E-state index contributed by atoms with van der Waals surface area (Å²) in [6, 6.07) is 15.3. The summed E-state index contributed by atoms with van der Waals surface area (Å²) in [6.07, 6.45) is 5.16. The van der Waals surface area contributed by atoms with Crippen LogP contribution in [0.1, 0.15) is 107 Å². The zero-order chi connectivity index (χ0) is 71.6. The third kappa shape index (κ3) is 18.0. The summed E-state index contributed by atoms with van der Waals surface area (Å²) in [5.74, 6) is -5.93. The first-order chi connectivity index (χ1) is 46.7. The highest BCUT2D eigenvalue weighted by atomic mass is 32.2. The van der Waals surface area contributed by atoms with Gasteiger partial charge in [0, 0.05) is 53.4 Å². The molecule has 7 aliphatic rings. The number of carbonyl (C=O) groups excluding carboxylic acids is 9. The van der Waals surface area contributed by atoms with Gasteiger partial charge in [0.1, 0.15) is 48.4 Å². The molecule has 0 spiro atoms. The Morgan fingerprint density at radius 3 is 1.65 bits per heavy atom. The number of allylic oxidation sites excluding steroid dienone is 3. The molecular weight excluding hydrogens is 1360 g/mol. The molecule has 9 heterocycles. The summed E-state index contributed by atoms with van der Waals surface area (Å²) in [5, 5.41) is 54.6. The number of amides is 4. The van der Waals surface area contributed by atoms with Gasteiger partial charge in [-0.3, -0.25) is 53.0 Å². The van der Waals surface area contributed by atoms with Gasteiger partial charge in [0.05, 0.1) is 71.7 Å². The van der Waals surface area contributed by atoms with Gasteiger partial charge < -0.3 is 55.2 Å². The second-order valence-electron chi connectivity index (χ2n) is 22.8. The molecule has 0 bridgehead atoms. The molecule has 4 amide bonds. The highest BCUT2D eigenvalue weighted by Gasteiger charge is 2.72. The second kappa shape index (κ2) is 35.2. The molecule has 34 heteroatoms. The van der Waals surface area contributed by atoms with Gasteiger partial charge in [0.15, 0.2) is 5.78 Å². The van der Waals surface area contributed by atoms with Gasteiger partial charge in [-0.1, -0.05) is 70.0 Å². The molecule has 11 rings (SSSR count). The maximum atomic E-state index is 13.3. The first-order valence-corrected chi connectivity index (χ1v) is 34.4. The maximum absolute atomic E-state index is 13.3. The number of rotatable bonds is 24. The molecule has 98 heavy (non-hydrogen) atoms. The number of benzene rings is 2. The van der Waals surface area contributed by atoms with Crippen LogP contribution >= 0.6 is 46.2 Å². The monoisotopic (exact) mass is 1430 g/mol. The number of hydrogen-bond donors (Lipinski definition) is 6. The molecule has 2 aromatic carbocycles. The van der Waals surface area contributed by atoms with Gasteiger partial charge in [0.2, 0.25) is 23.2 Å². The number of thioether (sulfide) groups is 2. The molecule has 0 aliphatic carbocycles. The minimum Gasteiger partial charge on any atom is -0.476 e. The second-order valence-corrected chi connectivity index (χ2v) is 27.2. The molecule has 7 aliphatic heterocycles. The fourth-order valence-corrected chi connectivity index (χ4v) is 15.1. The highest BCUT2D eigenvalue weighted by Crippen LogP contribution is 2.55. The van der Waals surface area contributed by atoms with E-state index in [1.165, 1.54) is 44.2 Å².